The van der Waals surface area contributed by atoms with Gasteiger partial charge in [-0.25, -0.2) is 0 Å². The predicted molar refractivity (Wildman–Crippen MR) is 78.7 cm³/mol. The third kappa shape index (κ3) is 3.39. The Labute approximate surface area is 120 Å². The molecule has 1 aliphatic rings. The number of nitrogens with zero attached hydrogens (tertiary/aromatic N) is 2. The van der Waals surface area contributed by atoms with Crippen molar-refractivity contribution in [2.45, 2.75) is 45.7 Å². The molecular formula is C11H19N3OS3. The molecular weight excluding hydrogens is 286 g/mol. The topological polar surface area (TPSA) is 58.0 Å². The predicted octanol–water partition coefficient (Wildman–Crippen LogP) is 2.25. The fourth-order valence-corrected chi connectivity index (χ4v) is 5.39. The Kier molecular flexibility index (Phi) is 5.32. The van der Waals surface area contributed by atoms with Crippen molar-refractivity contribution in [2.24, 2.45) is 0 Å². The maximum atomic E-state index is 9.57. The van der Waals surface area contributed by atoms with E-state index in [1.54, 1.807) is 23.1 Å². The summed E-state index contributed by atoms with van der Waals surface area (Å²) >= 11 is 5.11. The maximum absolute atomic E-state index is 9.57. The zero-order valence-corrected chi connectivity index (χ0v) is 13.1. The molecule has 1 heterocycles. The molecule has 1 aromatic rings. The maximum Gasteiger partial charge on any atom is 0.175 e. The van der Waals surface area contributed by atoms with E-state index < -0.39 is 0 Å². The summed E-state index contributed by atoms with van der Waals surface area (Å²) in [4.78, 5) is 0. The lowest BCUT2D eigenvalue weighted by molar-refractivity contribution is 0.167. The van der Waals surface area contributed by atoms with Gasteiger partial charge in [-0.05, 0) is 32.1 Å². The second-order valence-corrected chi connectivity index (χ2v) is 8.07. The normalized spacial score (nSPS) is 27.8. The molecule has 0 spiro atoms. The number of aliphatic hydroxyl groups is 1. The van der Waals surface area contributed by atoms with Crippen LogP contribution in [0.1, 0.15) is 26.2 Å². The SMILES string of the molecule is CCNC1(CO)CCC(Sc2nnc(SC)s2)C1. The standard InChI is InChI=1S/C11H19N3OS3/c1-3-12-11(7-15)5-4-8(6-11)17-10-14-13-9(16-2)18-10/h8,12,15H,3-7H2,1-2H3. The Morgan fingerprint density at radius 1 is 1.50 bits per heavy atom. The molecule has 4 nitrogen and oxygen atoms in total. The number of aromatic nitrogens is 2. The molecule has 7 heteroatoms. The summed E-state index contributed by atoms with van der Waals surface area (Å²) < 4.78 is 2.07. The first-order chi connectivity index (χ1) is 8.71. The second kappa shape index (κ2) is 6.56. The summed E-state index contributed by atoms with van der Waals surface area (Å²) in [5.41, 5.74) is -0.0700. The molecule has 2 unspecified atom stereocenters. The Bertz CT molecular complexity index is 387. The molecule has 0 aliphatic heterocycles. The molecule has 0 saturated heterocycles. The Morgan fingerprint density at radius 2 is 2.28 bits per heavy atom. The summed E-state index contributed by atoms with van der Waals surface area (Å²) in [6, 6.07) is 0. The monoisotopic (exact) mass is 305 g/mol. The van der Waals surface area contributed by atoms with Crippen LogP contribution in [0.3, 0.4) is 0 Å². The zero-order valence-electron chi connectivity index (χ0n) is 10.7. The van der Waals surface area contributed by atoms with Gasteiger partial charge in [0.25, 0.3) is 0 Å². The summed E-state index contributed by atoms with van der Waals surface area (Å²) in [5.74, 6) is 0. The average Bonchev–Trinajstić information content (AvgIpc) is 2.98. The molecule has 1 aliphatic carbocycles. The molecule has 2 atom stereocenters. The van der Waals surface area contributed by atoms with Crippen LogP contribution >= 0.6 is 34.9 Å². The first-order valence-corrected chi connectivity index (χ1v) is 9.03. The van der Waals surface area contributed by atoms with Gasteiger partial charge in [-0.2, -0.15) is 0 Å². The minimum absolute atomic E-state index is 0.0700. The van der Waals surface area contributed by atoms with E-state index in [1.807, 2.05) is 18.0 Å². The smallest absolute Gasteiger partial charge is 0.175 e. The fourth-order valence-electron chi connectivity index (χ4n) is 2.38. The number of hydrogen-bond acceptors (Lipinski definition) is 7. The van der Waals surface area contributed by atoms with E-state index in [0.717, 1.165) is 34.5 Å². The van der Waals surface area contributed by atoms with Crippen molar-refractivity contribution in [1.29, 1.82) is 0 Å². The Balaban J connectivity index is 1.92. The summed E-state index contributed by atoms with van der Waals surface area (Å²) in [6.07, 6.45) is 5.21. The molecule has 1 aromatic heterocycles. The van der Waals surface area contributed by atoms with Gasteiger partial charge in [0.05, 0.1) is 6.61 Å². The van der Waals surface area contributed by atoms with Gasteiger partial charge in [-0.15, -0.1) is 10.2 Å². The number of hydrogen-bond donors (Lipinski definition) is 2. The van der Waals surface area contributed by atoms with Gasteiger partial charge in [0.15, 0.2) is 8.68 Å². The van der Waals surface area contributed by atoms with Gasteiger partial charge in [-0.3, -0.25) is 0 Å². The molecule has 1 saturated carbocycles. The molecule has 0 radical (unpaired) electrons. The van der Waals surface area contributed by atoms with Crippen molar-refractivity contribution in [1.82, 2.24) is 15.5 Å². The third-order valence-corrected chi connectivity index (χ3v) is 6.50. The van der Waals surface area contributed by atoms with Crippen molar-refractivity contribution in [2.75, 3.05) is 19.4 Å². The summed E-state index contributed by atoms with van der Waals surface area (Å²) in [7, 11) is 0. The number of rotatable bonds is 6. The zero-order chi connectivity index (χ0) is 13.0. The average molecular weight is 305 g/mol. The largest absolute Gasteiger partial charge is 0.394 e. The van der Waals surface area contributed by atoms with Crippen LogP contribution in [0.15, 0.2) is 8.68 Å². The lowest BCUT2D eigenvalue weighted by Crippen LogP contribution is -2.46. The van der Waals surface area contributed by atoms with Crippen LogP contribution in [-0.2, 0) is 0 Å². The highest BCUT2D eigenvalue weighted by atomic mass is 32.2. The van der Waals surface area contributed by atoms with Gasteiger partial charge in [-0.1, -0.05) is 41.8 Å². The van der Waals surface area contributed by atoms with Crippen LogP contribution in [0.2, 0.25) is 0 Å². The highest BCUT2D eigenvalue weighted by Crippen LogP contribution is 2.41. The summed E-state index contributed by atoms with van der Waals surface area (Å²) in [6.45, 7) is 3.23. The Morgan fingerprint density at radius 3 is 2.89 bits per heavy atom. The fraction of sp³-hybridized carbons (Fsp3) is 0.818. The minimum atomic E-state index is -0.0700. The van der Waals surface area contributed by atoms with E-state index in [1.165, 1.54) is 0 Å². The summed E-state index contributed by atoms with van der Waals surface area (Å²) in [5, 5.41) is 21.9. The van der Waals surface area contributed by atoms with Crippen molar-refractivity contribution in [3.05, 3.63) is 0 Å². The van der Waals surface area contributed by atoms with Gasteiger partial charge in [0.1, 0.15) is 0 Å². The number of nitrogens with one attached hydrogen (secondary N) is 1. The lowest BCUT2D eigenvalue weighted by atomic mass is 9.99. The van der Waals surface area contributed by atoms with Crippen LogP contribution in [0, 0.1) is 0 Å². The molecule has 0 bridgehead atoms. The second-order valence-electron chi connectivity index (χ2n) is 4.49. The molecule has 1 fully saturated rings. The van der Waals surface area contributed by atoms with Crippen molar-refractivity contribution in [3.8, 4) is 0 Å². The van der Waals surface area contributed by atoms with E-state index in [9.17, 15) is 5.11 Å². The van der Waals surface area contributed by atoms with Crippen molar-refractivity contribution >= 4 is 34.9 Å². The molecule has 2 rings (SSSR count). The van der Waals surface area contributed by atoms with Gasteiger partial charge in [0.2, 0.25) is 0 Å². The third-order valence-electron chi connectivity index (χ3n) is 3.25. The minimum Gasteiger partial charge on any atom is -0.394 e. The van der Waals surface area contributed by atoms with E-state index in [0.29, 0.717) is 5.25 Å². The molecule has 18 heavy (non-hydrogen) atoms. The molecule has 0 aromatic carbocycles. The quantitative estimate of drug-likeness (QED) is 0.786. The molecule has 2 N–H and O–H groups in total. The highest BCUT2D eigenvalue weighted by molar-refractivity contribution is 8.03. The molecule has 102 valence electrons. The van der Waals surface area contributed by atoms with Crippen LogP contribution in [0.5, 0.6) is 0 Å². The van der Waals surface area contributed by atoms with Gasteiger partial charge in [0, 0.05) is 10.8 Å². The van der Waals surface area contributed by atoms with Crippen molar-refractivity contribution in [3.63, 3.8) is 0 Å². The van der Waals surface area contributed by atoms with Gasteiger partial charge < -0.3 is 10.4 Å². The number of likely N-dealkylation sites (N-methyl/N-ethyl adjacent to an activating group) is 1. The van der Waals surface area contributed by atoms with E-state index in [-0.39, 0.29) is 12.1 Å². The van der Waals surface area contributed by atoms with E-state index >= 15 is 0 Å². The van der Waals surface area contributed by atoms with Crippen molar-refractivity contribution < 1.29 is 5.11 Å². The van der Waals surface area contributed by atoms with Crippen LogP contribution < -0.4 is 5.32 Å². The van der Waals surface area contributed by atoms with Gasteiger partial charge >= 0.3 is 0 Å². The molecule has 0 amide bonds. The van der Waals surface area contributed by atoms with E-state index in [4.69, 9.17) is 0 Å². The highest BCUT2D eigenvalue weighted by Gasteiger charge is 2.38. The van der Waals surface area contributed by atoms with Crippen LogP contribution in [0.4, 0.5) is 0 Å². The number of thioether (sulfide) groups is 2. The van der Waals surface area contributed by atoms with Crippen LogP contribution in [-0.4, -0.2) is 45.5 Å². The Hall–Kier alpha value is 0.180. The number of aliphatic hydroxyl groups excluding tert-OH is 1. The lowest BCUT2D eigenvalue weighted by Gasteiger charge is -2.27. The first-order valence-electron chi connectivity index (χ1n) is 6.11. The van der Waals surface area contributed by atoms with Crippen LogP contribution in [0.25, 0.3) is 0 Å². The first kappa shape index (κ1) is 14.6. The van der Waals surface area contributed by atoms with E-state index in [2.05, 4.69) is 22.4 Å².